The molecule has 0 fully saturated rings. The lowest BCUT2D eigenvalue weighted by Gasteiger charge is -2.19. The molecule has 2 aromatic carbocycles. The Labute approximate surface area is 148 Å². The lowest BCUT2D eigenvalue weighted by Crippen LogP contribution is -2.24. The molecule has 1 aliphatic heterocycles. The molecular weight excluding hydrogens is 351 g/mol. The van der Waals surface area contributed by atoms with Gasteiger partial charge in [-0.25, -0.2) is 9.82 Å². The minimum atomic E-state index is -0.482. The summed E-state index contributed by atoms with van der Waals surface area (Å²) < 4.78 is 29.0. The normalized spacial score (nSPS) is 12.9. The Balaban J connectivity index is 1.54. The van der Waals surface area contributed by atoms with Gasteiger partial charge in [-0.1, -0.05) is 17.7 Å². The first-order valence-electron chi connectivity index (χ1n) is 7.41. The van der Waals surface area contributed by atoms with Gasteiger partial charge in [-0.3, -0.25) is 4.79 Å². The number of nitrogens with zero attached hydrogens (tertiary/aromatic N) is 1. The molecule has 2 aromatic rings. The number of carbonyl (C=O) groups is 1. The molecule has 1 N–H and O–H groups in total. The number of halogens is 2. The summed E-state index contributed by atoms with van der Waals surface area (Å²) in [4.78, 5) is 11.7. The molecule has 1 heterocycles. The third kappa shape index (κ3) is 4.60. The Hall–Kier alpha value is -2.80. The average molecular weight is 365 g/mol. The van der Waals surface area contributed by atoms with Gasteiger partial charge in [0.2, 0.25) is 0 Å². The first-order chi connectivity index (χ1) is 12.1. The molecule has 0 aromatic heterocycles. The Morgan fingerprint density at radius 3 is 3.00 bits per heavy atom. The topological polar surface area (TPSA) is 69.2 Å². The van der Waals surface area contributed by atoms with Crippen LogP contribution in [0.15, 0.2) is 41.5 Å². The highest BCUT2D eigenvalue weighted by Gasteiger charge is 2.16. The number of hydrazone groups is 1. The Bertz CT molecular complexity index is 813. The lowest BCUT2D eigenvalue weighted by molar-refractivity contribution is -0.123. The number of fused-ring (bicyclic) bond motifs is 1. The average Bonchev–Trinajstić information content (AvgIpc) is 2.60. The summed E-state index contributed by atoms with van der Waals surface area (Å²) in [5, 5.41) is 4.23. The smallest absolute Gasteiger partial charge is 0.277 e. The summed E-state index contributed by atoms with van der Waals surface area (Å²) in [6.07, 6.45) is 1.42. The number of nitrogens with one attached hydrogen (secondary N) is 1. The predicted octanol–water partition coefficient (Wildman–Crippen LogP) is 2.78. The molecule has 0 atom stereocenters. The van der Waals surface area contributed by atoms with Crippen molar-refractivity contribution in [3.05, 3.63) is 52.8 Å². The molecule has 0 saturated carbocycles. The molecule has 6 nitrogen and oxygen atoms in total. The van der Waals surface area contributed by atoms with Crippen LogP contribution in [0.5, 0.6) is 17.2 Å². The quantitative estimate of drug-likeness (QED) is 0.654. The fraction of sp³-hybridized carbons (Fsp3) is 0.176. The third-order valence-corrected chi connectivity index (χ3v) is 3.47. The SMILES string of the molecule is O=C(COc1cccc(F)c1)N/N=C\c1cc(Cl)c2c(c1)OCCO2. The second-order valence-electron chi connectivity index (χ2n) is 5.07. The highest BCUT2D eigenvalue weighted by Crippen LogP contribution is 2.37. The summed E-state index contributed by atoms with van der Waals surface area (Å²) in [6, 6.07) is 8.87. The van der Waals surface area contributed by atoms with E-state index in [-0.39, 0.29) is 12.4 Å². The van der Waals surface area contributed by atoms with E-state index in [2.05, 4.69) is 10.5 Å². The largest absolute Gasteiger partial charge is 0.486 e. The van der Waals surface area contributed by atoms with E-state index < -0.39 is 11.7 Å². The molecule has 0 aliphatic carbocycles. The van der Waals surface area contributed by atoms with Crippen LogP contribution < -0.4 is 19.6 Å². The fourth-order valence-corrected chi connectivity index (χ4v) is 2.40. The summed E-state index contributed by atoms with van der Waals surface area (Å²) in [7, 11) is 0. The van der Waals surface area contributed by atoms with Gasteiger partial charge in [0.25, 0.3) is 5.91 Å². The van der Waals surface area contributed by atoms with Crippen molar-refractivity contribution in [2.45, 2.75) is 0 Å². The van der Waals surface area contributed by atoms with Gasteiger partial charge >= 0.3 is 0 Å². The number of amides is 1. The van der Waals surface area contributed by atoms with E-state index in [1.807, 2.05) is 0 Å². The van der Waals surface area contributed by atoms with Crippen molar-refractivity contribution in [1.82, 2.24) is 5.43 Å². The van der Waals surface area contributed by atoms with E-state index in [4.69, 9.17) is 25.8 Å². The van der Waals surface area contributed by atoms with Crippen LogP contribution in [0.25, 0.3) is 0 Å². The van der Waals surface area contributed by atoms with Gasteiger partial charge in [0.1, 0.15) is 24.8 Å². The maximum atomic E-state index is 13.0. The predicted molar refractivity (Wildman–Crippen MR) is 90.1 cm³/mol. The van der Waals surface area contributed by atoms with Crippen LogP contribution in [0.3, 0.4) is 0 Å². The number of rotatable bonds is 5. The summed E-state index contributed by atoms with van der Waals surface area (Å²) >= 11 is 6.11. The van der Waals surface area contributed by atoms with E-state index in [0.717, 1.165) is 0 Å². The van der Waals surface area contributed by atoms with Crippen LogP contribution in [-0.2, 0) is 4.79 Å². The summed E-state index contributed by atoms with van der Waals surface area (Å²) in [5.41, 5.74) is 2.95. The van der Waals surface area contributed by atoms with Gasteiger partial charge in [-0.15, -0.1) is 0 Å². The zero-order valence-electron chi connectivity index (χ0n) is 13.0. The molecule has 25 heavy (non-hydrogen) atoms. The summed E-state index contributed by atoms with van der Waals surface area (Å²) in [5.74, 6) is 0.367. The Kier molecular flexibility index (Phi) is 5.35. The van der Waals surface area contributed by atoms with E-state index in [1.54, 1.807) is 18.2 Å². The molecule has 0 bridgehead atoms. The second kappa shape index (κ2) is 7.85. The van der Waals surface area contributed by atoms with Crippen LogP contribution in [0.2, 0.25) is 5.02 Å². The number of hydrogen-bond acceptors (Lipinski definition) is 5. The standard InChI is InChI=1S/C17H14ClFN2O4/c18-14-6-11(7-15-17(14)24-5-4-23-15)9-20-21-16(22)10-25-13-3-1-2-12(19)8-13/h1-3,6-9H,4-5,10H2,(H,21,22)/b20-9-. The zero-order valence-corrected chi connectivity index (χ0v) is 13.8. The number of benzene rings is 2. The minimum Gasteiger partial charge on any atom is -0.486 e. The van der Waals surface area contributed by atoms with E-state index >= 15 is 0 Å². The molecule has 8 heteroatoms. The van der Waals surface area contributed by atoms with Crippen molar-refractivity contribution in [1.29, 1.82) is 0 Å². The van der Waals surface area contributed by atoms with Crippen molar-refractivity contribution < 1.29 is 23.4 Å². The first-order valence-corrected chi connectivity index (χ1v) is 7.79. The maximum absolute atomic E-state index is 13.0. The number of hydrogen-bond donors (Lipinski definition) is 1. The fourth-order valence-electron chi connectivity index (χ4n) is 2.12. The van der Waals surface area contributed by atoms with Crippen LogP contribution in [0, 0.1) is 5.82 Å². The van der Waals surface area contributed by atoms with Crippen LogP contribution in [0.4, 0.5) is 4.39 Å². The van der Waals surface area contributed by atoms with Crippen molar-refractivity contribution in [3.63, 3.8) is 0 Å². The van der Waals surface area contributed by atoms with Gasteiger partial charge in [0.05, 0.1) is 11.2 Å². The van der Waals surface area contributed by atoms with Crippen molar-refractivity contribution in [2.24, 2.45) is 5.10 Å². The van der Waals surface area contributed by atoms with E-state index in [1.165, 1.54) is 24.4 Å². The van der Waals surface area contributed by atoms with Crippen LogP contribution >= 0.6 is 11.6 Å². The monoisotopic (exact) mass is 364 g/mol. The van der Waals surface area contributed by atoms with E-state index in [0.29, 0.717) is 35.3 Å². The Morgan fingerprint density at radius 1 is 1.32 bits per heavy atom. The molecule has 0 saturated heterocycles. The van der Waals surface area contributed by atoms with Crippen molar-refractivity contribution in [3.8, 4) is 17.2 Å². The van der Waals surface area contributed by atoms with Gasteiger partial charge in [0, 0.05) is 6.07 Å². The van der Waals surface area contributed by atoms with Gasteiger partial charge < -0.3 is 14.2 Å². The van der Waals surface area contributed by atoms with Gasteiger partial charge in [-0.05, 0) is 29.8 Å². The molecule has 0 spiro atoms. The molecule has 1 aliphatic rings. The highest BCUT2D eigenvalue weighted by molar-refractivity contribution is 6.32. The first kappa shape index (κ1) is 17.0. The zero-order chi connectivity index (χ0) is 17.6. The van der Waals surface area contributed by atoms with Crippen molar-refractivity contribution >= 4 is 23.7 Å². The van der Waals surface area contributed by atoms with Crippen molar-refractivity contribution in [2.75, 3.05) is 19.8 Å². The Morgan fingerprint density at radius 2 is 2.16 bits per heavy atom. The third-order valence-electron chi connectivity index (χ3n) is 3.19. The van der Waals surface area contributed by atoms with Crippen LogP contribution in [0.1, 0.15) is 5.56 Å². The summed E-state index contributed by atoms with van der Waals surface area (Å²) in [6.45, 7) is 0.599. The molecule has 0 radical (unpaired) electrons. The molecule has 1 amide bonds. The molecule has 0 unspecified atom stereocenters. The maximum Gasteiger partial charge on any atom is 0.277 e. The minimum absolute atomic E-state index is 0.262. The number of carbonyl (C=O) groups excluding carboxylic acids is 1. The van der Waals surface area contributed by atoms with Gasteiger partial charge in [0.15, 0.2) is 18.1 Å². The molecular formula is C17H14ClFN2O4. The highest BCUT2D eigenvalue weighted by atomic mass is 35.5. The molecule has 3 rings (SSSR count). The molecule has 130 valence electrons. The lowest BCUT2D eigenvalue weighted by atomic mass is 10.2. The van der Waals surface area contributed by atoms with Gasteiger partial charge in [-0.2, -0.15) is 5.10 Å². The number of ether oxygens (including phenoxy) is 3. The van der Waals surface area contributed by atoms with Crippen LogP contribution in [-0.4, -0.2) is 31.9 Å². The second-order valence-corrected chi connectivity index (χ2v) is 5.47. The van der Waals surface area contributed by atoms with E-state index in [9.17, 15) is 9.18 Å².